The molecule has 108 valence electrons. The molecule has 0 atom stereocenters. The number of hydrogen-bond acceptors (Lipinski definition) is 4. The second-order valence-corrected chi connectivity index (χ2v) is 4.86. The number of nitrogens with two attached hydrogens (primary N) is 1. The van der Waals surface area contributed by atoms with Crippen LogP contribution in [0.5, 0.6) is 0 Å². The molecule has 0 unspecified atom stereocenters. The molecule has 0 aliphatic heterocycles. The molecule has 4 heteroatoms. The van der Waals surface area contributed by atoms with Gasteiger partial charge >= 0.3 is 0 Å². The molecule has 0 aliphatic carbocycles. The number of aromatic nitrogens is 1. The van der Waals surface area contributed by atoms with Crippen molar-refractivity contribution in [3.05, 3.63) is 17.8 Å². The van der Waals surface area contributed by atoms with E-state index in [1.165, 1.54) is 0 Å². The van der Waals surface area contributed by atoms with Crippen LogP contribution in [0.15, 0.2) is 12.3 Å². The molecule has 0 bridgehead atoms. The fourth-order valence-electron chi connectivity index (χ4n) is 2.16. The maximum absolute atomic E-state index is 5.96. The first-order chi connectivity index (χ1) is 9.12. The second-order valence-electron chi connectivity index (χ2n) is 4.86. The molecule has 1 aromatic rings. The molecular formula is C15H28N4. The zero-order valence-electron chi connectivity index (χ0n) is 12.8. The fourth-order valence-corrected chi connectivity index (χ4v) is 2.16. The van der Waals surface area contributed by atoms with Gasteiger partial charge in [-0.15, -0.1) is 0 Å². The van der Waals surface area contributed by atoms with E-state index >= 15 is 0 Å². The van der Waals surface area contributed by atoms with E-state index in [0.717, 1.165) is 56.2 Å². The van der Waals surface area contributed by atoms with Crippen LogP contribution in [0.2, 0.25) is 0 Å². The molecule has 0 amide bonds. The molecule has 2 N–H and O–H groups in total. The van der Waals surface area contributed by atoms with Crippen molar-refractivity contribution in [2.75, 3.05) is 43.4 Å². The van der Waals surface area contributed by atoms with Gasteiger partial charge < -0.3 is 15.5 Å². The first-order valence-electron chi connectivity index (χ1n) is 7.31. The van der Waals surface area contributed by atoms with E-state index in [1.54, 1.807) is 0 Å². The predicted molar refractivity (Wildman–Crippen MR) is 83.7 cm³/mol. The minimum Gasteiger partial charge on any atom is -0.398 e. The molecule has 1 aromatic heterocycles. The highest BCUT2D eigenvalue weighted by Gasteiger charge is 2.08. The minimum atomic E-state index is 0.826. The van der Waals surface area contributed by atoms with Crippen LogP contribution in [-0.4, -0.2) is 42.6 Å². The van der Waals surface area contributed by atoms with Crippen molar-refractivity contribution in [2.24, 2.45) is 0 Å². The Hall–Kier alpha value is -1.29. The molecular weight excluding hydrogens is 236 g/mol. The van der Waals surface area contributed by atoms with E-state index in [9.17, 15) is 0 Å². The van der Waals surface area contributed by atoms with E-state index in [2.05, 4.69) is 35.6 Å². The number of nitrogens with zero attached hydrogens (tertiary/aromatic N) is 3. The Balaban J connectivity index is 2.55. The standard InChI is InChI=1S/C15H28N4/c1-5-18(6-2)9-8-10-19(7-3)15-11-14(16)13(4)12-17-15/h11-12H,5-10H2,1-4H3,(H2,16,17). The van der Waals surface area contributed by atoms with Crippen molar-refractivity contribution in [2.45, 2.75) is 34.1 Å². The van der Waals surface area contributed by atoms with Crippen LogP contribution >= 0.6 is 0 Å². The molecule has 1 heterocycles. The molecule has 0 saturated carbocycles. The molecule has 0 saturated heterocycles. The second kappa shape index (κ2) is 8.00. The lowest BCUT2D eigenvalue weighted by atomic mass is 10.2. The highest BCUT2D eigenvalue weighted by Crippen LogP contribution is 2.17. The first-order valence-corrected chi connectivity index (χ1v) is 7.31. The third kappa shape index (κ3) is 4.71. The van der Waals surface area contributed by atoms with Crippen LogP contribution in [-0.2, 0) is 0 Å². The first kappa shape index (κ1) is 15.8. The van der Waals surface area contributed by atoms with Crippen molar-refractivity contribution >= 4 is 11.5 Å². The summed E-state index contributed by atoms with van der Waals surface area (Å²) in [6.45, 7) is 14.0. The summed E-state index contributed by atoms with van der Waals surface area (Å²) in [5.74, 6) is 0.991. The minimum absolute atomic E-state index is 0.826. The van der Waals surface area contributed by atoms with E-state index < -0.39 is 0 Å². The Kier molecular flexibility index (Phi) is 6.64. The van der Waals surface area contributed by atoms with Crippen molar-refractivity contribution in [3.8, 4) is 0 Å². The van der Waals surface area contributed by atoms with E-state index in [1.807, 2.05) is 19.2 Å². The van der Waals surface area contributed by atoms with Gasteiger partial charge in [0.05, 0.1) is 0 Å². The summed E-state index contributed by atoms with van der Waals surface area (Å²) in [7, 11) is 0. The Bertz CT molecular complexity index is 374. The lowest BCUT2D eigenvalue weighted by molar-refractivity contribution is 0.300. The lowest BCUT2D eigenvalue weighted by Crippen LogP contribution is -2.30. The van der Waals surface area contributed by atoms with Gasteiger partial charge in [-0.3, -0.25) is 0 Å². The molecule has 0 spiro atoms. The number of anilines is 2. The quantitative estimate of drug-likeness (QED) is 0.783. The topological polar surface area (TPSA) is 45.4 Å². The summed E-state index contributed by atoms with van der Waals surface area (Å²) in [5, 5.41) is 0. The maximum atomic E-state index is 5.96. The fraction of sp³-hybridized carbons (Fsp3) is 0.667. The van der Waals surface area contributed by atoms with Gasteiger partial charge in [0.15, 0.2) is 0 Å². The van der Waals surface area contributed by atoms with Crippen LogP contribution < -0.4 is 10.6 Å². The van der Waals surface area contributed by atoms with E-state index in [-0.39, 0.29) is 0 Å². The van der Waals surface area contributed by atoms with Crippen LogP contribution in [0.3, 0.4) is 0 Å². The highest BCUT2D eigenvalue weighted by atomic mass is 15.2. The monoisotopic (exact) mass is 264 g/mol. The SMILES string of the molecule is CCN(CC)CCCN(CC)c1cc(N)c(C)cn1. The smallest absolute Gasteiger partial charge is 0.130 e. The Morgan fingerprint density at radius 1 is 1.11 bits per heavy atom. The third-order valence-electron chi connectivity index (χ3n) is 3.63. The van der Waals surface area contributed by atoms with Gasteiger partial charge in [0.2, 0.25) is 0 Å². The van der Waals surface area contributed by atoms with Crippen molar-refractivity contribution in [1.29, 1.82) is 0 Å². The van der Waals surface area contributed by atoms with Crippen LogP contribution in [0, 0.1) is 6.92 Å². The number of aryl methyl sites for hydroxylation is 1. The maximum Gasteiger partial charge on any atom is 0.130 e. The zero-order valence-corrected chi connectivity index (χ0v) is 12.8. The van der Waals surface area contributed by atoms with Gasteiger partial charge in [-0.1, -0.05) is 13.8 Å². The summed E-state index contributed by atoms with van der Waals surface area (Å²) in [6.07, 6.45) is 3.02. The molecule has 19 heavy (non-hydrogen) atoms. The van der Waals surface area contributed by atoms with E-state index in [0.29, 0.717) is 0 Å². The normalized spacial score (nSPS) is 11.0. The summed E-state index contributed by atoms with van der Waals surface area (Å²) in [4.78, 5) is 9.22. The van der Waals surface area contributed by atoms with Crippen molar-refractivity contribution in [1.82, 2.24) is 9.88 Å². The average molecular weight is 264 g/mol. The van der Waals surface area contributed by atoms with Gasteiger partial charge in [0, 0.05) is 31.0 Å². The lowest BCUT2D eigenvalue weighted by Gasteiger charge is -2.24. The average Bonchev–Trinajstić information content (AvgIpc) is 2.42. The molecule has 1 rings (SSSR count). The Labute approximate surface area is 117 Å². The molecule has 0 aliphatic rings. The van der Waals surface area contributed by atoms with Crippen molar-refractivity contribution < 1.29 is 0 Å². The van der Waals surface area contributed by atoms with Crippen LogP contribution in [0.4, 0.5) is 11.5 Å². The highest BCUT2D eigenvalue weighted by molar-refractivity contribution is 5.54. The summed E-state index contributed by atoms with van der Waals surface area (Å²) in [5.41, 5.74) is 7.83. The molecule has 4 nitrogen and oxygen atoms in total. The molecule has 0 fully saturated rings. The van der Waals surface area contributed by atoms with Gasteiger partial charge in [-0.25, -0.2) is 4.98 Å². The number of pyridine rings is 1. The van der Waals surface area contributed by atoms with E-state index in [4.69, 9.17) is 5.73 Å². The Morgan fingerprint density at radius 2 is 1.79 bits per heavy atom. The van der Waals surface area contributed by atoms with Gasteiger partial charge in [-0.2, -0.15) is 0 Å². The van der Waals surface area contributed by atoms with Gasteiger partial charge in [-0.05, 0) is 45.5 Å². The van der Waals surface area contributed by atoms with Crippen LogP contribution in [0.1, 0.15) is 32.8 Å². The third-order valence-corrected chi connectivity index (χ3v) is 3.63. The number of rotatable bonds is 8. The van der Waals surface area contributed by atoms with Crippen molar-refractivity contribution in [3.63, 3.8) is 0 Å². The van der Waals surface area contributed by atoms with Gasteiger partial charge in [0.1, 0.15) is 5.82 Å². The Morgan fingerprint density at radius 3 is 2.32 bits per heavy atom. The largest absolute Gasteiger partial charge is 0.398 e. The van der Waals surface area contributed by atoms with Crippen LogP contribution in [0.25, 0.3) is 0 Å². The summed E-state index contributed by atoms with van der Waals surface area (Å²) < 4.78 is 0. The predicted octanol–water partition coefficient (Wildman–Crippen LogP) is 2.53. The molecule has 0 aromatic carbocycles. The summed E-state index contributed by atoms with van der Waals surface area (Å²) in [6, 6.07) is 1.98. The zero-order chi connectivity index (χ0) is 14.3. The summed E-state index contributed by atoms with van der Waals surface area (Å²) >= 11 is 0. The van der Waals surface area contributed by atoms with Gasteiger partial charge in [0.25, 0.3) is 0 Å². The number of nitrogen functional groups attached to an aromatic ring is 1. The number of hydrogen-bond donors (Lipinski definition) is 1. The molecule has 0 radical (unpaired) electrons.